The molecule has 0 aromatic heterocycles. The van der Waals surface area contributed by atoms with Gasteiger partial charge in [-0.1, -0.05) is 82.3 Å². The van der Waals surface area contributed by atoms with Gasteiger partial charge in [0, 0.05) is 12.6 Å². The van der Waals surface area contributed by atoms with Crippen molar-refractivity contribution in [2.75, 3.05) is 6.61 Å². The van der Waals surface area contributed by atoms with Gasteiger partial charge in [0.1, 0.15) is 5.75 Å². The Kier molecular flexibility index (Phi) is 10.0. The molecule has 2 aromatic carbocycles. The van der Waals surface area contributed by atoms with Gasteiger partial charge in [-0.3, -0.25) is 0 Å². The Morgan fingerprint density at radius 1 is 0.852 bits per heavy atom. The van der Waals surface area contributed by atoms with Crippen molar-refractivity contribution in [3.05, 3.63) is 65.2 Å². The van der Waals surface area contributed by atoms with Gasteiger partial charge in [-0.25, -0.2) is 0 Å². The Balaban J connectivity index is 1.76. The molecule has 0 aliphatic carbocycles. The molecule has 27 heavy (non-hydrogen) atoms. The van der Waals surface area contributed by atoms with Crippen LogP contribution in [-0.2, 0) is 6.54 Å². The fraction of sp³-hybridized carbons (Fsp3) is 0.520. The van der Waals surface area contributed by atoms with Crippen molar-refractivity contribution >= 4 is 0 Å². The van der Waals surface area contributed by atoms with Crippen LogP contribution in [-0.4, -0.2) is 6.61 Å². The highest BCUT2D eigenvalue weighted by Gasteiger charge is 2.09. The Hall–Kier alpha value is -1.80. The SMILES string of the molecule is CCCCCCCCOc1ccc(C(CC)NCc2ccccc2C)cc1. The molecule has 1 N–H and O–H groups in total. The monoisotopic (exact) mass is 367 g/mol. The molecule has 0 heterocycles. The molecule has 0 aliphatic heterocycles. The summed E-state index contributed by atoms with van der Waals surface area (Å²) < 4.78 is 5.91. The standard InChI is InChI=1S/C25H37NO/c1-4-6-7-8-9-12-19-27-24-17-15-22(16-18-24)25(5-2)26-20-23-14-11-10-13-21(23)3/h10-11,13-18,25-26H,4-9,12,19-20H2,1-3H3. The van der Waals surface area contributed by atoms with E-state index >= 15 is 0 Å². The second-order valence-corrected chi connectivity index (χ2v) is 7.45. The Morgan fingerprint density at radius 2 is 1.56 bits per heavy atom. The number of hydrogen-bond donors (Lipinski definition) is 1. The van der Waals surface area contributed by atoms with E-state index in [0.29, 0.717) is 6.04 Å². The maximum absolute atomic E-state index is 5.91. The molecule has 1 atom stereocenters. The summed E-state index contributed by atoms with van der Waals surface area (Å²) in [6.45, 7) is 8.40. The minimum Gasteiger partial charge on any atom is -0.494 e. The van der Waals surface area contributed by atoms with E-state index in [1.807, 2.05) is 0 Å². The first-order valence-electron chi connectivity index (χ1n) is 10.7. The Bertz CT molecular complexity index is 635. The molecule has 0 saturated carbocycles. The summed E-state index contributed by atoms with van der Waals surface area (Å²) >= 11 is 0. The van der Waals surface area contributed by atoms with Gasteiger partial charge < -0.3 is 10.1 Å². The lowest BCUT2D eigenvalue weighted by molar-refractivity contribution is 0.304. The second kappa shape index (κ2) is 12.6. The van der Waals surface area contributed by atoms with Crippen LogP contribution in [0.15, 0.2) is 48.5 Å². The fourth-order valence-electron chi connectivity index (χ4n) is 3.41. The van der Waals surface area contributed by atoms with Crippen LogP contribution in [0.25, 0.3) is 0 Å². The topological polar surface area (TPSA) is 21.3 Å². The smallest absolute Gasteiger partial charge is 0.119 e. The summed E-state index contributed by atoms with van der Waals surface area (Å²) in [5.41, 5.74) is 4.05. The maximum atomic E-state index is 5.91. The maximum Gasteiger partial charge on any atom is 0.119 e. The fourth-order valence-corrected chi connectivity index (χ4v) is 3.41. The molecule has 2 rings (SSSR count). The van der Waals surface area contributed by atoms with Crippen molar-refractivity contribution < 1.29 is 4.74 Å². The third-order valence-corrected chi connectivity index (χ3v) is 5.26. The first-order chi connectivity index (χ1) is 13.2. The summed E-state index contributed by atoms with van der Waals surface area (Å²) in [5, 5.41) is 3.70. The predicted octanol–water partition coefficient (Wildman–Crippen LogP) is 6.98. The van der Waals surface area contributed by atoms with Crippen LogP contribution in [0, 0.1) is 6.92 Å². The van der Waals surface area contributed by atoms with E-state index in [9.17, 15) is 0 Å². The van der Waals surface area contributed by atoms with E-state index in [-0.39, 0.29) is 0 Å². The molecule has 1 unspecified atom stereocenters. The van der Waals surface area contributed by atoms with E-state index in [2.05, 4.69) is 74.6 Å². The van der Waals surface area contributed by atoms with Gasteiger partial charge in [0.25, 0.3) is 0 Å². The van der Waals surface area contributed by atoms with Crippen molar-refractivity contribution in [1.82, 2.24) is 5.32 Å². The lowest BCUT2D eigenvalue weighted by Crippen LogP contribution is -2.20. The number of ether oxygens (including phenoxy) is 1. The van der Waals surface area contributed by atoms with Crippen molar-refractivity contribution in [2.24, 2.45) is 0 Å². The third kappa shape index (κ3) is 7.76. The van der Waals surface area contributed by atoms with Crippen LogP contribution in [0.4, 0.5) is 0 Å². The number of rotatable bonds is 13. The molecule has 2 heteroatoms. The van der Waals surface area contributed by atoms with Crippen LogP contribution < -0.4 is 10.1 Å². The zero-order valence-corrected chi connectivity index (χ0v) is 17.5. The first-order valence-corrected chi connectivity index (χ1v) is 10.7. The van der Waals surface area contributed by atoms with E-state index in [4.69, 9.17) is 4.74 Å². The number of hydrogen-bond acceptors (Lipinski definition) is 2. The Labute approximate surface area is 166 Å². The minimum absolute atomic E-state index is 0.372. The number of unbranched alkanes of at least 4 members (excludes halogenated alkanes) is 5. The van der Waals surface area contributed by atoms with Gasteiger partial charge >= 0.3 is 0 Å². The zero-order valence-electron chi connectivity index (χ0n) is 17.5. The molecule has 2 aromatic rings. The van der Waals surface area contributed by atoms with E-state index < -0.39 is 0 Å². The zero-order chi connectivity index (χ0) is 19.3. The molecule has 0 amide bonds. The van der Waals surface area contributed by atoms with E-state index in [0.717, 1.165) is 31.7 Å². The summed E-state index contributed by atoms with van der Waals surface area (Å²) in [4.78, 5) is 0. The minimum atomic E-state index is 0.372. The van der Waals surface area contributed by atoms with Gasteiger partial charge in [0.2, 0.25) is 0 Å². The van der Waals surface area contributed by atoms with Crippen LogP contribution in [0.5, 0.6) is 5.75 Å². The average molecular weight is 368 g/mol. The highest BCUT2D eigenvalue weighted by Crippen LogP contribution is 2.21. The molecule has 0 saturated heterocycles. The molecular formula is C25H37NO. The molecule has 0 fully saturated rings. The van der Waals surface area contributed by atoms with Crippen LogP contribution in [0.2, 0.25) is 0 Å². The average Bonchev–Trinajstić information content (AvgIpc) is 2.70. The quantitative estimate of drug-likeness (QED) is 0.386. The lowest BCUT2D eigenvalue weighted by atomic mass is 10.0. The highest BCUT2D eigenvalue weighted by molar-refractivity contribution is 5.30. The number of nitrogens with one attached hydrogen (secondary N) is 1. The van der Waals surface area contributed by atoms with Gasteiger partial charge in [-0.05, 0) is 48.6 Å². The largest absolute Gasteiger partial charge is 0.494 e. The number of benzene rings is 2. The molecule has 0 bridgehead atoms. The highest BCUT2D eigenvalue weighted by atomic mass is 16.5. The molecule has 0 radical (unpaired) electrons. The molecule has 0 spiro atoms. The third-order valence-electron chi connectivity index (χ3n) is 5.26. The summed E-state index contributed by atoms with van der Waals surface area (Å²) in [7, 11) is 0. The normalized spacial score (nSPS) is 12.1. The summed E-state index contributed by atoms with van der Waals surface area (Å²) in [6.07, 6.45) is 8.86. The second-order valence-electron chi connectivity index (χ2n) is 7.45. The van der Waals surface area contributed by atoms with Gasteiger partial charge in [-0.15, -0.1) is 0 Å². The molecule has 148 valence electrons. The van der Waals surface area contributed by atoms with Gasteiger partial charge in [-0.2, -0.15) is 0 Å². The molecule has 0 aliphatic rings. The number of aryl methyl sites for hydroxylation is 1. The van der Waals surface area contributed by atoms with Gasteiger partial charge in [0.15, 0.2) is 0 Å². The van der Waals surface area contributed by atoms with Crippen molar-refractivity contribution in [3.8, 4) is 5.75 Å². The summed E-state index contributed by atoms with van der Waals surface area (Å²) in [6, 6.07) is 17.6. The van der Waals surface area contributed by atoms with E-state index in [1.54, 1.807) is 0 Å². The van der Waals surface area contributed by atoms with Crippen molar-refractivity contribution in [1.29, 1.82) is 0 Å². The Morgan fingerprint density at radius 3 is 2.26 bits per heavy atom. The van der Waals surface area contributed by atoms with Crippen LogP contribution in [0.1, 0.15) is 81.5 Å². The van der Waals surface area contributed by atoms with Crippen molar-refractivity contribution in [3.63, 3.8) is 0 Å². The first kappa shape index (κ1) is 21.5. The van der Waals surface area contributed by atoms with Gasteiger partial charge in [0.05, 0.1) is 6.61 Å². The lowest BCUT2D eigenvalue weighted by Gasteiger charge is -2.19. The predicted molar refractivity (Wildman–Crippen MR) is 116 cm³/mol. The van der Waals surface area contributed by atoms with E-state index in [1.165, 1.54) is 48.8 Å². The summed E-state index contributed by atoms with van der Waals surface area (Å²) in [5.74, 6) is 0.987. The van der Waals surface area contributed by atoms with Crippen molar-refractivity contribution in [2.45, 2.75) is 78.3 Å². The van der Waals surface area contributed by atoms with Crippen LogP contribution in [0.3, 0.4) is 0 Å². The molecular weight excluding hydrogens is 330 g/mol. The van der Waals surface area contributed by atoms with Crippen LogP contribution >= 0.6 is 0 Å². The molecule has 2 nitrogen and oxygen atoms in total.